The first-order valence-electron chi connectivity index (χ1n) is 6.50. The maximum absolute atomic E-state index is 12.2. The number of hydrogen-bond donors (Lipinski definition) is 1. The molecule has 1 N–H and O–H groups in total. The molecule has 5 heteroatoms. The molecule has 104 valence electrons. The number of carbonyl (C=O) groups is 1. The molecule has 0 saturated carbocycles. The number of phenols is 1. The van der Waals surface area contributed by atoms with E-state index < -0.39 is 0 Å². The summed E-state index contributed by atoms with van der Waals surface area (Å²) in [5, 5.41) is 14.2. The number of benzene rings is 1. The number of fused-ring (bicyclic) bond motifs is 1. The standard InChI is InChI=1S/C15H15NO4/c1-8-6-10(17)13-12(7-8)20-16-14(13)9-4-3-5-11(19-2)15(9)18/h3-5,8,18H,6-7H2,1-2H3. The number of phenolic OH excluding ortho intramolecular Hbond substituents is 1. The van der Waals surface area contributed by atoms with Crippen LogP contribution in [0.4, 0.5) is 0 Å². The van der Waals surface area contributed by atoms with Gasteiger partial charge in [-0.25, -0.2) is 0 Å². The maximum atomic E-state index is 12.2. The van der Waals surface area contributed by atoms with E-state index in [9.17, 15) is 9.90 Å². The lowest BCUT2D eigenvalue weighted by atomic mass is 9.86. The molecule has 0 fully saturated rings. The molecule has 0 spiro atoms. The summed E-state index contributed by atoms with van der Waals surface area (Å²) in [7, 11) is 1.48. The van der Waals surface area contributed by atoms with Gasteiger partial charge in [-0.15, -0.1) is 0 Å². The number of aromatic hydroxyl groups is 1. The van der Waals surface area contributed by atoms with Crippen LogP contribution in [0.1, 0.15) is 29.5 Å². The first-order chi connectivity index (χ1) is 9.61. The molecule has 1 atom stereocenters. The van der Waals surface area contributed by atoms with Crippen LogP contribution in [0, 0.1) is 5.92 Å². The molecular formula is C15H15NO4. The van der Waals surface area contributed by atoms with Crippen LogP contribution >= 0.6 is 0 Å². The van der Waals surface area contributed by atoms with Crippen LogP contribution in [0.3, 0.4) is 0 Å². The van der Waals surface area contributed by atoms with Gasteiger partial charge in [-0.1, -0.05) is 18.1 Å². The summed E-state index contributed by atoms with van der Waals surface area (Å²) in [6, 6.07) is 5.08. The molecule has 1 aromatic carbocycles. The lowest BCUT2D eigenvalue weighted by Gasteiger charge is -2.15. The molecule has 0 bridgehead atoms. The van der Waals surface area contributed by atoms with Crippen LogP contribution in [-0.2, 0) is 6.42 Å². The van der Waals surface area contributed by atoms with E-state index in [1.54, 1.807) is 18.2 Å². The number of rotatable bonds is 2. The fraction of sp³-hybridized carbons (Fsp3) is 0.333. The van der Waals surface area contributed by atoms with Crippen molar-refractivity contribution in [2.75, 3.05) is 7.11 Å². The average Bonchev–Trinajstić information content (AvgIpc) is 2.82. The zero-order chi connectivity index (χ0) is 14.3. The summed E-state index contributed by atoms with van der Waals surface area (Å²) in [6.45, 7) is 2.01. The second kappa shape index (κ2) is 4.67. The summed E-state index contributed by atoms with van der Waals surface area (Å²) in [4.78, 5) is 12.2. The molecule has 1 unspecified atom stereocenters. The highest BCUT2D eigenvalue weighted by molar-refractivity contribution is 6.03. The van der Waals surface area contributed by atoms with Crippen LogP contribution in [-0.4, -0.2) is 23.2 Å². The largest absolute Gasteiger partial charge is 0.504 e. The van der Waals surface area contributed by atoms with Crippen molar-refractivity contribution in [3.8, 4) is 22.8 Å². The van der Waals surface area contributed by atoms with E-state index in [0.29, 0.717) is 41.2 Å². The average molecular weight is 273 g/mol. The molecule has 2 aromatic rings. The highest BCUT2D eigenvalue weighted by Gasteiger charge is 2.31. The number of hydrogen-bond acceptors (Lipinski definition) is 5. The first-order valence-corrected chi connectivity index (χ1v) is 6.50. The fourth-order valence-electron chi connectivity index (χ4n) is 2.62. The van der Waals surface area contributed by atoms with E-state index >= 15 is 0 Å². The molecule has 1 heterocycles. The van der Waals surface area contributed by atoms with Crippen molar-refractivity contribution in [1.82, 2.24) is 5.16 Å². The minimum atomic E-state index is -0.0301. The zero-order valence-corrected chi connectivity index (χ0v) is 11.3. The van der Waals surface area contributed by atoms with E-state index in [4.69, 9.17) is 9.26 Å². The van der Waals surface area contributed by atoms with Crippen molar-refractivity contribution in [3.05, 3.63) is 29.5 Å². The van der Waals surface area contributed by atoms with Gasteiger partial charge in [0.15, 0.2) is 17.3 Å². The Morgan fingerprint density at radius 1 is 1.40 bits per heavy atom. The van der Waals surface area contributed by atoms with Crippen molar-refractivity contribution in [3.63, 3.8) is 0 Å². The fourth-order valence-corrected chi connectivity index (χ4v) is 2.62. The molecule has 5 nitrogen and oxygen atoms in total. The normalized spacial score (nSPS) is 17.9. The van der Waals surface area contributed by atoms with Crippen LogP contribution < -0.4 is 4.74 Å². The van der Waals surface area contributed by atoms with Crippen LogP contribution in [0.5, 0.6) is 11.5 Å². The Labute approximate surface area is 116 Å². The van der Waals surface area contributed by atoms with Crippen molar-refractivity contribution in [2.24, 2.45) is 5.92 Å². The summed E-state index contributed by atoms with van der Waals surface area (Å²) in [6.07, 6.45) is 1.17. The molecule has 1 aromatic heterocycles. The Balaban J connectivity index is 2.16. The smallest absolute Gasteiger partial charge is 0.168 e. The molecule has 0 saturated heterocycles. The number of aromatic nitrogens is 1. The monoisotopic (exact) mass is 273 g/mol. The zero-order valence-electron chi connectivity index (χ0n) is 11.3. The number of para-hydroxylation sites is 1. The summed E-state index contributed by atoms with van der Waals surface area (Å²) < 4.78 is 10.4. The molecule has 0 aliphatic heterocycles. The van der Waals surface area contributed by atoms with Gasteiger partial charge >= 0.3 is 0 Å². The molecular weight excluding hydrogens is 258 g/mol. The summed E-state index contributed by atoms with van der Waals surface area (Å²) in [5.41, 5.74) is 1.34. The Morgan fingerprint density at radius 3 is 2.95 bits per heavy atom. The van der Waals surface area contributed by atoms with Gasteiger partial charge in [0.1, 0.15) is 11.5 Å². The first kappa shape index (κ1) is 12.7. The lowest BCUT2D eigenvalue weighted by Crippen LogP contribution is -2.16. The number of carbonyl (C=O) groups excluding carboxylic acids is 1. The van der Waals surface area contributed by atoms with Gasteiger partial charge in [-0.05, 0) is 18.1 Å². The van der Waals surface area contributed by atoms with Gasteiger partial charge in [-0.2, -0.15) is 0 Å². The minimum Gasteiger partial charge on any atom is -0.504 e. The van der Waals surface area contributed by atoms with Crippen molar-refractivity contribution < 1.29 is 19.2 Å². The number of nitrogens with zero attached hydrogens (tertiary/aromatic N) is 1. The minimum absolute atomic E-state index is 0.0113. The third-order valence-corrected chi connectivity index (χ3v) is 3.58. The van der Waals surface area contributed by atoms with Crippen LogP contribution in [0.15, 0.2) is 22.7 Å². The Bertz CT molecular complexity index is 675. The Kier molecular flexibility index (Phi) is 2.97. The highest BCUT2D eigenvalue weighted by Crippen LogP contribution is 2.40. The van der Waals surface area contributed by atoms with Crippen molar-refractivity contribution in [2.45, 2.75) is 19.8 Å². The second-order valence-corrected chi connectivity index (χ2v) is 5.12. The van der Waals surface area contributed by atoms with Gasteiger partial charge in [-0.3, -0.25) is 4.79 Å². The van der Waals surface area contributed by atoms with Gasteiger partial charge in [0, 0.05) is 12.8 Å². The van der Waals surface area contributed by atoms with Gasteiger partial charge in [0.05, 0.1) is 18.2 Å². The van der Waals surface area contributed by atoms with Crippen molar-refractivity contribution in [1.29, 1.82) is 0 Å². The molecule has 1 aliphatic carbocycles. The number of methoxy groups -OCH3 is 1. The second-order valence-electron chi connectivity index (χ2n) is 5.12. The summed E-state index contributed by atoms with van der Waals surface area (Å²) >= 11 is 0. The number of ether oxygens (including phenoxy) is 1. The molecule has 20 heavy (non-hydrogen) atoms. The highest BCUT2D eigenvalue weighted by atomic mass is 16.5. The Hall–Kier alpha value is -2.30. The van der Waals surface area contributed by atoms with Crippen molar-refractivity contribution >= 4 is 5.78 Å². The molecule has 3 rings (SSSR count). The third kappa shape index (κ3) is 1.86. The van der Waals surface area contributed by atoms with Gasteiger partial charge in [0.25, 0.3) is 0 Å². The number of ketones is 1. The summed E-state index contributed by atoms with van der Waals surface area (Å²) in [5.74, 6) is 1.19. The SMILES string of the molecule is COc1cccc(-c2noc3c2C(=O)CC(C)C3)c1O. The predicted molar refractivity (Wildman–Crippen MR) is 72.0 cm³/mol. The Morgan fingerprint density at radius 2 is 2.20 bits per heavy atom. The quantitative estimate of drug-likeness (QED) is 0.910. The van der Waals surface area contributed by atoms with E-state index in [0.717, 1.165) is 0 Å². The molecule has 0 radical (unpaired) electrons. The van der Waals surface area contributed by atoms with Crippen LogP contribution in [0.25, 0.3) is 11.3 Å². The predicted octanol–water partition coefficient (Wildman–Crippen LogP) is 2.82. The van der Waals surface area contributed by atoms with Gasteiger partial charge in [0.2, 0.25) is 0 Å². The van der Waals surface area contributed by atoms with E-state index in [1.165, 1.54) is 7.11 Å². The maximum Gasteiger partial charge on any atom is 0.168 e. The van der Waals surface area contributed by atoms with E-state index in [1.807, 2.05) is 6.92 Å². The molecule has 1 aliphatic rings. The number of Topliss-reactive ketones (excluding diaryl/α,β-unsaturated/α-hetero) is 1. The molecule has 0 amide bonds. The van der Waals surface area contributed by atoms with Gasteiger partial charge < -0.3 is 14.4 Å². The third-order valence-electron chi connectivity index (χ3n) is 3.58. The lowest BCUT2D eigenvalue weighted by molar-refractivity contribution is 0.0948. The topological polar surface area (TPSA) is 72.6 Å². The van der Waals surface area contributed by atoms with E-state index in [2.05, 4.69) is 5.16 Å². The van der Waals surface area contributed by atoms with Crippen LogP contribution in [0.2, 0.25) is 0 Å². The van der Waals surface area contributed by atoms with E-state index in [-0.39, 0.29) is 17.5 Å².